The molecular weight excluding hydrogens is 250 g/mol. The maximum atomic E-state index is 5.07. The molecule has 2 rings (SSSR count). The van der Waals surface area contributed by atoms with Gasteiger partial charge in [-0.2, -0.15) is 26.7 Å². The van der Waals surface area contributed by atoms with E-state index in [1.807, 2.05) is 18.7 Å². The summed E-state index contributed by atoms with van der Waals surface area (Å²) in [5, 5.41) is 6.33. The Bertz CT molecular complexity index is 384. The Morgan fingerprint density at radius 1 is 1.28 bits per heavy atom. The summed E-state index contributed by atoms with van der Waals surface area (Å²) in [7, 11) is 1.56. The van der Waals surface area contributed by atoms with E-state index in [0.717, 1.165) is 13.1 Å². The highest BCUT2D eigenvalue weighted by atomic mass is 32.2. The highest BCUT2D eigenvalue weighted by Crippen LogP contribution is 2.23. The molecule has 0 saturated carbocycles. The summed E-state index contributed by atoms with van der Waals surface area (Å²) in [5.41, 5.74) is 0. The molecule has 1 saturated heterocycles. The van der Waals surface area contributed by atoms with Gasteiger partial charge in [-0.3, -0.25) is 0 Å². The van der Waals surface area contributed by atoms with Crippen molar-refractivity contribution < 1.29 is 4.74 Å². The molecule has 7 heteroatoms. The molecule has 1 aliphatic heterocycles. The van der Waals surface area contributed by atoms with E-state index in [1.54, 1.807) is 7.11 Å². The number of hydrogen-bond acceptors (Lipinski definition) is 7. The Balaban J connectivity index is 1.98. The molecule has 0 bridgehead atoms. The fraction of sp³-hybridized carbons (Fsp3) is 0.727. The Kier molecular flexibility index (Phi) is 4.86. The second-order valence-electron chi connectivity index (χ2n) is 4.11. The maximum absolute atomic E-state index is 5.07. The van der Waals surface area contributed by atoms with Gasteiger partial charge in [0.05, 0.1) is 7.11 Å². The third-order valence-corrected chi connectivity index (χ3v) is 3.94. The van der Waals surface area contributed by atoms with Crippen molar-refractivity contribution in [3.05, 3.63) is 0 Å². The predicted molar refractivity (Wildman–Crippen MR) is 74.5 cm³/mol. The first kappa shape index (κ1) is 13.2. The zero-order chi connectivity index (χ0) is 12.8. The van der Waals surface area contributed by atoms with Crippen molar-refractivity contribution in [3.63, 3.8) is 0 Å². The molecule has 1 aromatic rings. The van der Waals surface area contributed by atoms with E-state index < -0.39 is 0 Å². The number of hydrogen-bond donors (Lipinski definition) is 2. The Morgan fingerprint density at radius 2 is 2.06 bits per heavy atom. The van der Waals surface area contributed by atoms with Gasteiger partial charge in [-0.1, -0.05) is 0 Å². The van der Waals surface area contributed by atoms with Gasteiger partial charge in [-0.15, -0.1) is 0 Å². The Morgan fingerprint density at radius 3 is 2.67 bits per heavy atom. The lowest BCUT2D eigenvalue weighted by atomic mass is 10.1. The van der Waals surface area contributed by atoms with Crippen molar-refractivity contribution in [2.45, 2.75) is 13.3 Å². The van der Waals surface area contributed by atoms with Gasteiger partial charge < -0.3 is 15.4 Å². The topological polar surface area (TPSA) is 72.0 Å². The summed E-state index contributed by atoms with van der Waals surface area (Å²) in [5.74, 6) is 4.31. The lowest BCUT2D eigenvalue weighted by molar-refractivity contribution is 0.379. The molecule has 1 aliphatic rings. The number of methoxy groups -OCH3 is 1. The first-order valence-electron chi connectivity index (χ1n) is 6.17. The van der Waals surface area contributed by atoms with Crippen LogP contribution in [0.5, 0.6) is 6.01 Å². The highest BCUT2D eigenvalue weighted by Gasteiger charge is 2.16. The summed E-state index contributed by atoms with van der Waals surface area (Å²) >= 11 is 2.01. The maximum Gasteiger partial charge on any atom is 0.322 e. The number of nitrogens with one attached hydrogen (secondary N) is 2. The molecule has 1 fully saturated rings. The van der Waals surface area contributed by atoms with Crippen LogP contribution in [0, 0.1) is 5.92 Å². The number of rotatable bonds is 6. The third-order valence-electron chi connectivity index (χ3n) is 2.71. The van der Waals surface area contributed by atoms with Crippen LogP contribution in [0.4, 0.5) is 11.9 Å². The minimum atomic E-state index is 0.337. The second kappa shape index (κ2) is 6.63. The summed E-state index contributed by atoms with van der Waals surface area (Å²) in [6.45, 7) is 3.68. The molecule has 0 spiro atoms. The van der Waals surface area contributed by atoms with Crippen molar-refractivity contribution in [1.29, 1.82) is 0 Å². The normalized spacial score (nSPS) is 18.7. The van der Waals surface area contributed by atoms with E-state index in [-0.39, 0.29) is 0 Å². The van der Waals surface area contributed by atoms with Crippen LogP contribution in [-0.2, 0) is 0 Å². The summed E-state index contributed by atoms with van der Waals surface area (Å²) in [4.78, 5) is 12.6. The molecule has 18 heavy (non-hydrogen) atoms. The first-order chi connectivity index (χ1) is 8.81. The quantitative estimate of drug-likeness (QED) is 0.810. The van der Waals surface area contributed by atoms with Gasteiger partial charge in [0.25, 0.3) is 0 Å². The zero-order valence-corrected chi connectivity index (χ0v) is 11.6. The molecule has 0 amide bonds. The lowest BCUT2D eigenvalue weighted by Gasteiger charge is -2.11. The molecule has 1 atom stereocenters. The van der Waals surface area contributed by atoms with Crippen LogP contribution in [-0.4, -0.2) is 46.7 Å². The third kappa shape index (κ3) is 3.63. The largest absolute Gasteiger partial charge is 0.467 e. The van der Waals surface area contributed by atoms with Crippen molar-refractivity contribution in [3.8, 4) is 6.01 Å². The SMILES string of the molecule is CCNc1nc(NCC2CCSC2)nc(OC)n1. The van der Waals surface area contributed by atoms with E-state index in [4.69, 9.17) is 4.74 Å². The Hall–Kier alpha value is -1.24. The van der Waals surface area contributed by atoms with Crippen LogP contribution in [0.2, 0.25) is 0 Å². The van der Waals surface area contributed by atoms with Gasteiger partial charge >= 0.3 is 6.01 Å². The smallest absolute Gasteiger partial charge is 0.322 e. The standard InChI is InChI=1S/C11H19N5OS/c1-3-12-9-14-10(16-11(15-9)17-2)13-6-8-4-5-18-7-8/h8H,3-7H2,1-2H3,(H2,12,13,14,15,16). The molecule has 2 N–H and O–H groups in total. The molecule has 1 unspecified atom stereocenters. The number of anilines is 2. The average Bonchev–Trinajstić information content (AvgIpc) is 2.89. The average molecular weight is 269 g/mol. The minimum Gasteiger partial charge on any atom is -0.467 e. The van der Waals surface area contributed by atoms with E-state index in [0.29, 0.717) is 23.8 Å². The number of thioether (sulfide) groups is 1. The molecule has 100 valence electrons. The number of ether oxygens (including phenoxy) is 1. The van der Waals surface area contributed by atoms with E-state index in [9.17, 15) is 0 Å². The van der Waals surface area contributed by atoms with Gasteiger partial charge in [-0.25, -0.2) is 0 Å². The van der Waals surface area contributed by atoms with Gasteiger partial charge in [0.2, 0.25) is 11.9 Å². The number of aromatic nitrogens is 3. The fourth-order valence-corrected chi connectivity index (χ4v) is 3.03. The van der Waals surface area contributed by atoms with Crippen molar-refractivity contribution >= 4 is 23.7 Å². The van der Waals surface area contributed by atoms with E-state index in [1.165, 1.54) is 17.9 Å². The van der Waals surface area contributed by atoms with Crippen LogP contribution in [0.25, 0.3) is 0 Å². The molecule has 6 nitrogen and oxygen atoms in total. The van der Waals surface area contributed by atoms with E-state index in [2.05, 4.69) is 25.6 Å². The van der Waals surface area contributed by atoms with Gasteiger partial charge in [-0.05, 0) is 30.8 Å². The van der Waals surface area contributed by atoms with Crippen LogP contribution in [0.15, 0.2) is 0 Å². The number of nitrogens with zero attached hydrogens (tertiary/aromatic N) is 3. The summed E-state index contributed by atoms with van der Waals surface area (Å²) in [6.07, 6.45) is 1.26. The molecular formula is C11H19N5OS. The molecule has 2 heterocycles. The fourth-order valence-electron chi connectivity index (χ4n) is 1.74. The molecule has 0 radical (unpaired) electrons. The molecule has 0 aliphatic carbocycles. The van der Waals surface area contributed by atoms with Crippen molar-refractivity contribution in [1.82, 2.24) is 15.0 Å². The monoisotopic (exact) mass is 269 g/mol. The van der Waals surface area contributed by atoms with Crippen molar-refractivity contribution in [2.75, 3.05) is 42.3 Å². The zero-order valence-electron chi connectivity index (χ0n) is 10.8. The van der Waals surface area contributed by atoms with Crippen LogP contribution in [0.1, 0.15) is 13.3 Å². The lowest BCUT2D eigenvalue weighted by Crippen LogP contribution is -2.16. The van der Waals surface area contributed by atoms with E-state index >= 15 is 0 Å². The molecule has 1 aromatic heterocycles. The Labute approximate surface area is 111 Å². The van der Waals surface area contributed by atoms with Crippen LogP contribution >= 0.6 is 11.8 Å². The van der Waals surface area contributed by atoms with Gasteiger partial charge in [0.15, 0.2) is 0 Å². The van der Waals surface area contributed by atoms with Crippen molar-refractivity contribution in [2.24, 2.45) is 5.92 Å². The minimum absolute atomic E-state index is 0.337. The first-order valence-corrected chi connectivity index (χ1v) is 7.33. The van der Waals surface area contributed by atoms with Crippen LogP contribution in [0.3, 0.4) is 0 Å². The summed E-state index contributed by atoms with van der Waals surface area (Å²) in [6, 6.07) is 0.337. The molecule has 0 aromatic carbocycles. The predicted octanol–water partition coefficient (Wildman–Crippen LogP) is 1.48. The van der Waals surface area contributed by atoms with Crippen LogP contribution < -0.4 is 15.4 Å². The second-order valence-corrected chi connectivity index (χ2v) is 5.26. The van der Waals surface area contributed by atoms with Gasteiger partial charge in [0.1, 0.15) is 0 Å². The summed E-state index contributed by atoms with van der Waals surface area (Å²) < 4.78 is 5.07. The highest BCUT2D eigenvalue weighted by molar-refractivity contribution is 7.99. The van der Waals surface area contributed by atoms with Gasteiger partial charge in [0, 0.05) is 13.1 Å².